The number of carbonyl (C=O) groups excluding carboxylic acids is 1. The van der Waals surface area contributed by atoms with Gasteiger partial charge in [-0.15, -0.1) is 11.3 Å². The van der Waals surface area contributed by atoms with Gasteiger partial charge in [0.2, 0.25) is 0 Å². The molecule has 1 atom stereocenters. The standard InChI is InChI=1S/C9H9F2NO2S/c1-14-7(13)5-2-3-6(15-5)8(12)4-9(8,10)11/h2-3H,4,12H2,1H3. The lowest BCUT2D eigenvalue weighted by molar-refractivity contribution is 0.0606. The largest absolute Gasteiger partial charge is 0.465 e. The Labute approximate surface area is 88.8 Å². The maximum atomic E-state index is 12.9. The van der Waals surface area contributed by atoms with E-state index in [4.69, 9.17) is 5.73 Å². The fourth-order valence-corrected chi connectivity index (χ4v) is 2.44. The number of nitrogens with two attached hydrogens (primary N) is 1. The van der Waals surface area contributed by atoms with E-state index in [2.05, 4.69) is 4.74 Å². The molecule has 1 aliphatic carbocycles. The van der Waals surface area contributed by atoms with Crippen molar-refractivity contribution < 1.29 is 18.3 Å². The molecule has 2 N–H and O–H groups in total. The van der Waals surface area contributed by atoms with Gasteiger partial charge in [-0.25, -0.2) is 13.6 Å². The van der Waals surface area contributed by atoms with Crippen LogP contribution in [0.1, 0.15) is 21.0 Å². The lowest BCUT2D eigenvalue weighted by Gasteiger charge is -2.06. The van der Waals surface area contributed by atoms with E-state index < -0.39 is 17.4 Å². The molecular weight excluding hydrogens is 224 g/mol. The molecule has 0 spiro atoms. The van der Waals surface area contributed by atoms with Crippen LogP contribution in [0, 0.1) is 0 Å². The molecule has 15 heavy (non-hydrogen) atoms. The first-order valence-corrected chi connectivity index (χ1v) is 5.08. The lowest BCUT2D eigenvalue weighted by atomic mass is 10.2. The van der Waals surface area contributed by atoms with E-state index in [-0.39, 0.29) is 6.42 Å². The van der Waals surface area contributed by atoms with Crippen molar-refractivity contribution in [2.24, 2.45) is 5.73 Å². The Morgan fingerprint density at radius 2 is 2.20 bits per heavy atom. The van der Waals surface area contributed by atoms with E-state index in [1.165, 1.54) is 19.2 Å². The third kappa shape index (κ3) is 1.44. The second-order valence-electron chi connectivity index (χ2n) is 3.51. The zero-order chi connectivity index (χ0) is 11.3. The third-order valence-corrected chi connectivity index (χ3v) is 3.70. The predicted molar refractivity (Wildman–Crippen MR) is 51.1 cm³/mol. The number of rotatable bonds is 2. The van der Waals surface area contributed by atoms with Crippen molar-refractivity contribution in [3.05, 3.63) is 21.9 Å². The molecule has 0 bridgehead atoms. The number of halogens is 2. The van der Waals surface area contributed by atoms with Gasteiger partial charge in [-0.05, 0) is 12.1 Å². The first kappa shape index (κ1) is 10.5. The lowest BCUT2D eigenvalue weighted by Crippen LogP contribution is -2.25. The van der Waals surface area contributed by atoms with Gasteiger partial charge in [-0.3, -0.25) is 0 Å². The highest BCUT2D eigenvalue weighted by Gasteiger charge is 2.70. The predicted octanol–water partition coefficient (Wildman–Crippen LogP) is 1.73. The summed E-state index contributed by atoms with van der Waals surface area (Å²) >= 11 is 0.958. The van der Waals surface area contributed by atoms with Crippen LogP contribution in [0.4, 0.5) is 8.78 Å². The van der Waals surface area contributed by atoms with Gasteiger partial charge in [0.1, 0.15) is 10.4 Å². The third-order valence-electron chi connectivity index (χ3n) is 2.46. The highest BCUT2D eigenvalue weighted by atomic mass is 32.1. The van der Waals surface area contributed by atoms with Crippen LogP contribution in [0.15, 0.2) is 12.1 Å². The van der Waals surface area contributed by atoms with Crippen molar-refractivity contribution in [1.82, 2.24) is 0 Å². The summed E-state index contributed by atoms with van der Waals surface area (Å²) in [6.07, 6.45) is -0.360. The number of thiophene rings is 1. The number of esters is 1. The number of hydrogen-bond donors (Lipinski definition) is 1. The Balaban J connectivity index is 2.26. The molecule has 0 saturated heterocycles. The van der Waals surface area contributed by atoms with Crippen molar-refractivity contribution in [2.45, 2.75) is 17.9 Å². The summed E-state index contributed by atoms with van der Waals surface area (Å²) in [6, 6.07) is 2.91. The summed E-state index contributed by atoms with van der Waals surface area (Å²) in [7, 11) is 1.24. The monoisotopic (exact) mass is 233 g/mol. The Kier molecular flexibility index (Phi) is 2.09. The van der Waals surface area contributed by atoms with Gasteiger partial charge >= 0.3 is 5.97 Å². The van der Waals surface area contributed by atoms with Crippen LogP contribution in [0.5, 0.6) is 0 Å². The summed E-state index contributed by atoms with van der Waals surface area (Å²) in [5, 5.41) is 0. The Bertz CT molecular complexity index is 418. The summed E-state index contributed by atoms with van der Waals surface area (Å²) in [5.74, 6) is -3.38. The first-order valence-electron chi connectivity index (χ1n) is 4.26. The molecule has 0 amide bonds. The van der Waals surface area contributed by atoms with E-state index in [0.29, 0.717) is 9.75 Å². The van der Waals surface area contributed by atoms with Gasteiger partial charge in [-0.2, -0.15) is 0 Å². The Morgan fingerprint density at radius 3 is 2.67 bits per heavy atom. The van der Waals surface area contributed by atoms with Crippen LogP contribution < -0.4 is 5.73 Å². The quantitative estimate of drug-likeness (QED) is 0.791. The van der Waals surface area contributed by atoms with Crippen LogP contribution in [-0.4, -0.2) is 19.0 Å². The zero-order valence-corrected chi connectivity index (χ0v) is 8.74. The van der Waals surface area contributed by atoms with Crippen LogP contribution >= 0.6 is 11.3 Å². The van der Waals surface area contributed by atoms with Crippen LogP contribution in [0.2, 0.25) is 0 Å². The Morgan fingerprint density at radius 1 is 1.60 bits per heavy atom. The van der Waals surface area contributed by atoms with E-state index in [9.17, 15) is 13.6 Å². The highest BCUT2D eigenvalue weighted by molar-refractivity contribution is 7.14. The van der Waals surface area contributed by atoms with Gasteiger partial charge in [0.05, 0.1) is 7.11 Å². The molecule has 0 radical (unpaired) electrons. The van der Waals surface area contributed by atoms with Crippen molar-refractivity contribution in [2.75, 3.05) is 7.11 Å². The summed E-state index contributed by atoms with van der Waals surface area (Å²) in [5.41, 5.74) is 3.93. The fourth-order valence-electron chi connectivity index (χ4n) is 1.36. The van der Waals surface area contributed by atoms with Gasteiger partial charge in [-0.1, -0.05) is 0 Å². The molecule has 3 nitrogen and oxygen atoms in total. The topological polar surface area (TPSA) is 52.3 Å². The van der Waals surface area contributed by atoms with Crippen LogP contribution in [0.3, 0.4) is 0 Å². The smallest absolute Gasteiger partial charge is 0.348 e. The van der Waals surface area contributed by atoms with Crippen molar-refractivity contribution in [3.63, 3.8) is 0 Å². The molecule has 1 heterocycles. The summed E-state index contributed by atoms with van der Waals surface area (Å²) in [6.45, 7) is 0. The molecule has 1 saturated carbocycles. The average molecular weight is 233 g/mol. The number of alkyl halides is 2. The number of carbonyl (C=O) groups is 1. The molecule has 1 aromatic heterocycles. The maximum Gasteiger partial charge on any atom is 0.348 e. The number of methoxy groups -OCH3 is 1. The zero-order valence-electron chi connectivity index (χ0n) is 7.92. The molecule has 1 aromatic rings. The normalized spacial score (nSPS) is 27.5. The first-order chi connectivity index (χ1) is 6.90. The number of hydrogen-bond acceptors (Lipinski definition) is 4. The maximum absolute atomic E-state index is 12.9. The van der Waals surface area contributed by atoms with E-state index in [1.54, 1.807) is 0 Å². The minimum atomic E-state index is -2.86. The van der Waals surface area contributed by atoms with Crippen LogP contribution in [0.25, 0.3) is 0 Å². The molecule has 1 fully saturated rings. The minimum absolute atomic E-state index is 0.292. The number of ether oxygens (including phenoxy) is 1. The van der Waals surface area contributed by atoms with Gasteiger partial charge < -0.3 is 10.5 Å². The molecule has 82 valence electrons. The van der Waals surface area contributed by atoms with Gasteiger partial charge in [0.25, 0.3) is 5.92 Å². The summed E-state index contributed by atoms with van der Waals surface area (Å²) in [4.78, 5) is 11.7. The molecule has 1 unspecified atom stereocenters. The minimum Gasteiger partial charge on any atom is -0.465 e. The molecule has 0 aromatic carbocycles. The van der Waals surface area contributed by atoms with Crippen LogP contribution in [-0.2, 0) is 10.3 Å². The van der Waals surface area contributed by atoms with Gasteiger partial charge in [0.15, 0.2) is 0 Å². The Hall–Kier alpha value is -1.01. The summed E-state index contributed by atoms with van der Waals surface area (Å²) < 4.78 is 30.3. The second-order valence-corrected chi connectivity index (χ2v) is 4.59. The van der Waals surface area contributed by atoms with Gasteiger partial charge in [0, 0.05) is 11.3 Å². The van der Waals surface area contributed by atoms with Crippen molar-refractivity contribution in [3.8, 4) is 0 Å². The van der Waals surface area contributed by atoms with Crippen molar-refractivity contribution >= 4 is 17.3 Å². The molecule has 0 aliphatic heterocycles. The molecular formula is C9H9F2NO2S. The second kappa shape index (κ2) is 2.99. The highest BCUT2D eigenvalue weighted by Crippen LogP contribution is 2.58. The molecule has 2 rings (SSSR count). The van der Waals surface area contributed by atoms with E-state index >= 15 is 0 Å². The SMILES string of the molecule is COC(=O)c1ccc(C2(N)CC2(F)F)s1. The van der Waals surface area contributed by atoms with E-state index in [1.807, 2.05) is 0 Å². The molecule has 6 heteroatoms. The van der Waals surface area contributed by atoms with E-state index in [0.717, 1.165) is 11.3 Å². The average Bonchev–Trinajstić information content (AvgIpc) is 2.57. The molecule has 1 aliphatic rings. The van der Waals surface area contributed by atoms with Crippen molar-refractivity contribution in [1.29, 1.82) is 0 Å². The fraction of sp³-hybridized carbons (Fsp3) is 0.444.